The van der Waals surface area contributed by atoms with Crippen LogP contribution in [0.25, 0.3) is 0 Å². The van der Waals surface area contributed by atoms with E-state index in [0.29, 0.717) is 0 Å². The number of hydrogen-bond donors (Lipinski definition) is 1. The van der Waals surface area contributed by atoms with Gasteiger partial charge in [0, 0.05) is 36.4 Å². The zero-order valence-electron chi connectivity index (χ0n) is 17.0. The second-order valence-electron chi connectivity index (χ2n) is 7.22. The van der Waals surface area contributed by atoms with Crippen molar-refractivity contribution in [3.8, 4) is 11.8 Å². The summed E-state index contributed by atoms with van der Waals surface area (Å²) in [7, 11) is 0. The van der Waals surface area contributed by atoms with E-state index in [-0.39, 0.29) is 12.3 Å². The van der Waals surface area contributed by atoms with Crippen molar-refractivity contribution in [2.45, 2.75) is 6.54 Å². The fourth-order valence-corrected chi connectivity index (χ4v) is 3.23. The van der Waals surface area contributed by atoms with Crippen molar-refractivity contribution in [2.24, 2.45) is 9.98 Å². The molecule has 1 N–H and O–H groups in total. The average molecular weight is 414 g/mol. The van der Waals surface area contributed by atoms with Gasteiger partial charge in [-0.15, -0.1) is 0 Å². The Bertz CT molecular complexity index is 1070. The molecule has 1 amide bonds. The number of ether oxygens (including phenoxy) is 1. The molecular weight excluding hydrogens is 392 g/mol. The summed E-state index contributed by atoms with van der Waals surface area (Å²) >= 11 is 0. The molecule has 2 heterocycles. The molecule has 0 atom stereocenters. The van der Waals surface area contributed by atoms with Crippen LogP contribution in [0.5, 0.6) is 0 Å². The van der Waals surface area contributed by atoms with Gasteiger partial charge in [-0.3, -0.25) is 14.5 Å². The Morgan fingerprint density at radius 3 is 2.26 bits per heavy atom. The summed E-state index contributed by atoms with van der Waals surface area (Å²) in [5, 5.41) is 3.08. The lowest BCUT2D eigenvalue weighted by atomic mass is 10.1. The lowest BCUT2D eigenvalue weighted by Gasteiger charge is -2.26. The van der Waals surface area contributed by atoms with E-state index in [2.05, 4.69) is 44.2 Å². The zero-order chi connectivity index (χ0) is 21.5. The van der Waals surface area contributed by atoms with Crippen LogP contribution >= 0.6 is 0 Å². The van der Waals surface area contributed by atoms with Crippen LogP contribution in [0.2, 0.25) is 0 Å². The molecule has 2 aliphatic heterocycles. The summed E-state index contributed by atoms with van der Waals surface area (Å²) < 4.78 is 5.39. The highest BCUT2D eigenvalue weighted by Gasteiger charge is 2.21. The number of rotatable bonds is 5. The van der Waals surface area contributed by atoms with E-state index >= 15 is 0 Å². The molecule has 0 unspecified atom stereocenters. The Morgan fingerprint density at radius 2 is 1.58 bits per heavy atom. The minimum Gasteiger partial charge on any atom is -0.379 e. The summed E-state index contributed by atoms with van der Waals surface area (Å²) in [5.41, 5.74) is 4.09. The van der Waals surface area contributed by atoms with Crippen LogP contribution in [0, 0.1) is 11.8 Å². The van der Waals surface area contributed by atoms with Crippen LogP contribution in [0.15, 0.2) is 58.5 Å². The normalized spacial score (nSPS) is 16.5. The first-order valence-electron chi connectivity index (χ1n) is 10.1. The first-order chi connectivity index (χ1) is 15.2. The van der Waals surface area contributed by atoms with Crippen LogP contribution in [-0.4, -0.2) is 61.5 Å². The predicted octanol–water partition coefficient (Wildman–Crippen LogP) is 1.91. The summed E-state index contributed by atoms with van der Waals surface area (Å²) in [4.78, 5) is 32.6. The molecule has 4 rings (SSSR count). The van der Waals surface area contributed by atoms with E-state index in [1.807, 2.05) is 36.4 Å². The lowest BCUT2D eigenvalue weighted by Crippen LogP contribution is -2.35. The Morgan fingerprint density at radius 1 is 0.935 bits per heavy atom. The monoisotopic (exact) mass is 414 g/mol. The zero-order valence-corrected chi connectivity index (χ0v) is 17.0. The number of anilines is 1. The van der Waals surface area contributed by atoms with Gasteiger partial charge in [0.05, 0.1) is 19.8 Å². The number of Topliss-reactive ketones (excluding diaryl/α,β-unsaturated/α-hetero) is 1. The molecule has 0 bridgehead atoms. The molecule has 0 saturated carbocycles. The quantitative estimate of drug-likeness (QED) is 0.597. The molecule has 156 valence electrons. The summed E-state index contributed by atoms with van der Waals surface area (Å²) in [6.45, 7) is 4.66. The molecule has 0 spiro atoms. The third-order valence-corrected chi connectivity index (χ3v) is 5.00. The van der Waals surface area contributed by atoms with Crippen molar-refractivity contribution in [3.05, 3.63) is 65.2 Å². The molecule has 7 nitrogen and oxygen atoms in total. The van der Waals surface area contributed by atoms with Gasteiger partial charge in [-0.1, -0.05) is 24.0 Å². The molecule has 1 fully saturated rings. The Kier molecular flexibility index (Phi) is 6.62. The van der Waals surface area contributed by atoms with Crippen molar-refractivity contribution >= 4 is 29.4 Å². The van der Waals surface area contributed by atoms with E-state index in [9.17, 15) is 9.59 Å². The minimum absolute atomic E-state index is 0.154. The largest absolute Gasteiger partial charge is 0.379 e. The Hall–Kier alpha value is -3.60. The lowest BCUT2D eigenvalue weighted by molar-refractivity contribution is -0.132. The van der Waals surface area contributed by atoms with E-state index in [0.717, 1.165) is 56.0 Å². The highest BCUT2D eigenvalue weighted by molar-refractivity contribution is 6.67. The SMILES string of the molecule is O=C1N=CN=C(CNc2ccc(C#Cc3ccc(CN4CCOCC4)cc3)cc2)C1=O. The topological polar surface area (TPSA) is 83.4 Å². The highest BCUT2D eigenvalue weighted by atomic mass is 16.5. The van der Waals surface area contributed by atoms with Crippen LogP contribution < -0.4 is 5.32 Å². The molecule has 0 aliphatic carbocycles. The van der Waals surface area contributed by atoms with Crippen LogP contribution in [-0.2, 0) is 20.9 Å². The minimum atomic E-state index is -0.786. The number of carbonyl (C=O) groups is 2. The van der Waals surface area contributed by atoms with Gasteiger partial charge >= 0.3 is 5.91 Å². The van der Waals surface area contributed by atoms with Gasteiger partial charge in [-0.2, -0.15) is 4.99 Å². The molecule has 31 heavy (non-hydrogen) atoms. The second kappa shape index (κ2) is 9.94. The van der Waals surface area contributed by atoms with Gasteiger partial charge in [0.2, 0.25) is 0 Å². The van der Waals surface area contributed by atoms with E-state index in [1.165, 1.54) is 5.56 Å². The van der Waals surface area contributed by atoms with Gasteiger partial charge in [-0.05, 0) is 42.0 Å². The van der Waals surface area contributed by atoms with Crippen LogP contribution in [0.3, 0.4) is 0 Å². The van der Waals surface area contributed by atoms with Gasteiger partial charge in [0.1, 0.15) is 12.1 Å². The van der Waals surface area contributed by atoms with Crippen molar-refractivity contribution in [3.63, 3.8) is 0 Å². The molecule has 2 aliphatic rings. The maximum absolute atomic E-state index is 11.7. The maximum atomic E-state index is 11.7. The third-order valence-electron chi connectivity index (χ3n) is 5.00. The number of hydrogen-bond acceptors (Lipinski definition) is 6. The fraction of sp³-hybridized carbons (Fsp3) is 0.250. The smallest absolute Gasteiger partial charge is 0.320 e. The number of aliphatic imine (C=N–C) groups is 2. The number of carbonyl (C=O) groups excluding carboxylic acids is 2. The van der Waals surface area contributed by atoms with Crippen molar-refractivity contribution in [1.29, 1.82) is 0 Å². The molecule has 2 aromatic carbocycles. The summed E-state index contributed by atoms with van der Waals surface area (Å²) in [6, 6.07) is 15.9. The number of ketones is 1. The van der Waals surface area contributed by atoms with E-state index in [4.69, 9.17) is 4.74 Å². The standard InChI is InChI=1S/C24H22N4O3/c29-23-22(26-17-27-24(23)30)15-25-21-9-7-19(8-10-21)2-1-18-3-5-20(6-4-18)16-28-11-13-31-14-12-28/h3-10,17,25H,11-16H2. The van der Waals surface area contributed by atoms with Gasteiger partial charge in [0.25, 0.3) is 5.78 Å². The molecule has 1 saturated heterocycles. The van der Waals surface area contributed by atoms with Crippen molar-refractivity contribution < 1.29 is 14.3 Å². The fourth-order valence-electron chi connectivity index (χ4n) is 3.23. The average Bonchev–Trinajstić information content (AvgIpc) is 2.81. The first-order valence-corrected chi connectivity index (χ1v) is 10.1. The molecule has 2 aromatic rings. The van der Waals surface area contributed by atoms with Crippen molar-refractivity contribution in [1.82, 2.24) is 4.90 Å². The van der Waals surface area contributed by atoms with Gasteiger partial charge < -0.3 is 10.1 Å². The number of amides is 1. The molecule has 0 aromatic heterocycles. The van der Waals surface area contributed by atoms with Gasteiger partial charge in [0.15, 0.2) is 0 Å². The van der Waals surface area contributed by atoms with E-state index < -0.39 is 11.7 Å². The predicted molar refractivity (Wildman–Crippen MR) is 119 cm³/mol. The van der Waals surface area contributed by atoms with Crippen LogP contribution in [0.1, 0.15) is 16.7 Å². The Balaban J connectivity index is 1.31. The third kappa shape index (κ3) is 5.72. The Labute approximate surface area is 180 Å². The maximum Gasteiger partial charge on any atom is 0.320 e. The molecular formula is C24H22N4O3. The van der Waals surface area contributed by atoms with Crippen molar-refractivity contribution in [2.75, 3.05) is 38.2 Å². The first kappa shape index (κ1) is 20.7. The molecule has 7 heteroatoms. The second-order valence-corrected chi connectivity index (χ2v) is 7.22. The van der Waals surface area contributed by atoms with Crippen LogP contribution in [0.4, 0.5) is 5.69 Å². The summed E-state index contributed by atoms with van der Waals surface area (Å²) in [6.07, 6.45) is 1.11. The number of nitrogens with one attached hydrogen (secondary N) is 1. The van der Waals surface area contributed by atoms with E-state index in [1.54, 1.807) is 0 Å². The number of nitrogens with zero attached hydrogens (tertiary/aromatic N) is 3. The number of morpholine rings is 1. The summed E-state index contributed by atoms with van der Waals surface area (Å²) in [5.74, 6) is 4.89. The highest BCUT2D eigenvalue weighted by Crippen LogP contribution is 2.11. The van der Waals surface area contributed by atoms with Gasteiger partial charge in [-0.25, -0.2) is 4.99 Å². The molecule has 0 radical (unpaired) electrons. The number of benzene rings is 2.